The largest absolute Gasteiger partial charge is 0.395 e. The smallest absolute Gasteiger partial charge is 0.291 e. The molecular formula is C17H14Cl2N4O2. The second-order valence-electron chi connectivity index (χ2n) is 5.11. The van der Waals surface area contributed by atoms with Gasteiger partial charge in [-0.25, -0.2) is 9.67 Å². The van der Waals surface area contributed by atoms with E-state index in [0.717, 1.165) is 5.56 Å². The summed E-state index contributed by atoms with van der Waals surface area (Å²) in [7, 11) is 0. The molecule has 0 aliphatic rings. The van der Waals surface area contributed by atoms with Crippen molar-refractivity contribution in [1.82, 2.24) is 20.1 Å². The molecule has 0 radical (unpaired) electrons. The number of amides is 1. The Morgan fingerprint density at radius 1 is 1.12 bits per heavy atom. The van der Waals surface area contributed by atoms with E-state index in [1.165, 1.54) is 4.68 Å². The molecule has 128 valence electrons. The van der Waals surface area contributed by atoms with Gasteiger partial charge in [0.1, 0.15) is 0 Å². The number of aliphatic hydroxyl groups excluding tert-OH is 1. The predicted octanol–water partition coefficient (Wildman–Crippen LogP) is 2.96. The SMILES string of the molecule is O=C(NCCO)c1nc(-c2ccccc2)n(-c2ccc(Cl)c(Cl)c2)n1. The van der Waals surface area contributed by atoms with E-state index in [2.05, 4.69) is 15.4 Å². The van der Waals surface area contributed by atoms with Crippen LogP contribution in [0, 0.1) is 0 Å². The van der Waals surface area contributed by atoms with E-state index in [-0.39, 0.29) is 19.0 Å². The fraction of sp³-hybridized carbons (Fsp3) is 0.118. The summed E-state index contributed by atoms with van der Waals surface area (Å²) in [4.78, 5) is 16.5. The van der Waals surface area contributed by atoms with Gasteiger partial charge in [0.15, 0.2) is 5.82 Å². The maximum atomic E-state index is 12.1. The van der Waals surface area contributed by atoms with Gasteiger partial charge in [-0.15, -0.1) is 5.10 Å². The Bertz CT molecular complexity index is 897. The van der Waals surface area contributed by atoms with Gasteiger partial charge in [-0.2, -0.15) is 0 Å². The van der Waals surface area contributed by atoms with Crippen molar-refractivity contribution < 1.29 is 9.90 Å². The number of aromatic nitrogens is 3. The number of carbonyl (C=O) groups is 1. The first kappa shape index (κ1) is 17.4. The van der Waals surface area contributed by atoms with Crippen LogP contribution >= 0.6 is 23.2 Å². The van der Waals surface area contributed by atoms with Crippen molar-refractivity contribution in [3.63, 3.8) is 0 Å². The molecule has 0 atom stereocenters. The first-order chi connectivity index (χ1) is 12.1. The molecule has 2 aromatic carbocycles. The minimum Gasteiger partial charge on any atom is -0.395 e. The minimum absolute atomic E-state index is 0.00150. The van der Waals surface area contributed by atoms with E-state index in [4.69, 9.17) is 28.3 Å². The second-order valence-corrected chi connectivity index (χ2v) is 5.93. The maximum absolute atomic E-state index is 12.1. The molecule has 1 heterocycles. The van der Waals surface area contributed by atoms with Crippen molar-refractivity contribution in [2.75, 3.05) is 13.2 Å². The number of carbonyl (C=O) groups excluding carboxylic acids is 1. The predicted molar refractivity (Wildman–Crippen MR) is 96.2 cm³/mol. The van der Waals surface area contributed by atoms with Crippen molar-refractivity contribution in [3.8, 4) is 17.1 Å². The molecule has 1 aromatic heterocycles. The van der Waals surface area contributed by atoms with E-state index in [9.17, 15) is 4.79 Å². The first-order valence-electron chi connectivity index (χ1n) is 7.47. The monoisotopic (exact) mass is 376 g/mol. The summed E-state index contributed by atoms with van der Waals surface area (Å²) in [6.07, 6.45) is 0. The second kappa shape index (κ2) is 7.65. The molecule has 0 bridgehead atoms. The van der Waals surface area contributed by atoms with Gasteiger partial charge >= 0.3 is 0 Å². The van der Waals surface area contributed by atoms with Gasteiger partial charge in [0.05, 0.1) is 22.3 Å². The molecule has 2 N–H and O–H groups in total. The zero-order chi connectivity index (χ0) is 17.8. The van der Waals surface area contributed by atoms with Crippen LogP contribution in [-0.4, -0.2) is 38.9 Å². The van der Waals surface area contributed by atoms with Gasteiger partial charge < -0.3 is 10.4 Å². The highest BCUT2D eigenvalue weighted by Gasteiger charge is 2.18. The Kier molecular flexibility index (Phi) is 5.33. The molecule has 0 aliphatic carbocycles. The molecule has 0 spiro atoms. The third kappa shape index (κ3) is 3.82. The first-order valence-corrected chi connectivity index (χ1v) is 8.22. The Balaban J connectivity index is 2.10. The third-order valence-electron chi connectivity index (χ3n) is 3.39. The zero-order valence-corrected chi connectivity index (χ0v) is 14.5. The van der Waals surface area contributed by atoms with Crippen LogP contribution < -0.4 is 5.32 Å². The fourth-order valence-corrected chi connectivity index (χ4v) is 2.52. The number of hydrogen-bond acceptors (Lipinski definition) is 4. The molecule has 6 nitrogen and oxygen atoms in total. The van der Waals surface area contributed by atoms with Crippen LogP contribution in [0.4, 0.5) is 0 Å². The minimum atomic E-state index is -0.468. The summed E-state index contributed by atoms with van der Waals surface area (Å²) in [6, 6.07) is 14.4. The number of rotatable bonds is 5. The highest BCUT2D eigenvalue weighted by atomic mass is 35.5. The van der Waals surface area contributed by atoms with E-state index in [0.29, 0.717) is 21.6 Å². The highest BCUT2D eigenvalue weighted by molar-refractivity contribution is 6.42. The lowest BCUT2D eigenvalue weighted by molar-refractivity contribution is 0.0934. The van der Waals surface area contributed by atoms with Gasteiger partial charge in [-0.1, -0.05) is 53.5 Å². The van der Waals surface area contributed by atoms with E-state index in [1.807, 2.05) is 30.3 Å². The molecule has 0 unspecified atom stereocenters. The average molecular weight is 377 g/mol. The fourth-order valence-electron chi connectivity index (χ4n) is 2.23. The van der Waals surface area contributed by atoms with Crippen LogP contribution in [0.25, 0.3) is 17.1 Å². The Labute approximate surface area is 154 Å². The summed E-state index contributed by atoms with van der Waals surface area (Å²) < 4.78 is 1.53. The van der Waals surface area contributed by atoms with Crippen molar-refractivity contribution in [2.45, 2.75) is 0 Å². The summed E-state index contributed by atoms with van der Waals surface area (Å²) in [6.45, 7) is -0.0361. The van der Waals surface area contributed by atoms with Crippen LogP contribution in [-0.2, 0) is 0 Å². The van der Waals surface area contributed by atoms with Crippen molar-refractivity contribution in [3.05, 3.63) is 64.4 Å². The number of benzene rings is 2. The van der Waals surface area contributed by atoms with Crippen molar-refractivity contribution in [1.29, 1.82) is 0 Å². The maximum Gasteiger partial charge on any atom is 0.291 e. The Hall–Kier alpha value is -2.41. The van der Waals surface area contributed by atoms with Gasteiger partial charge in [-0.3, -0.25) is 4.79 Å². The zero-order valence-electron chi connectivity index (χ0n) is 13.0. The van der Waals surface area contributed by atoms with Crippen LogP contribution in [0.3, 0.4) is 0 Å². The average Bonchev–Trinajstić information content (AvgIpc) is 3.08. The molecule has 1 amide bonds. The van der Waals surface area contributed by atoms with E-state index >= 15 is 0 Å². The molecule has 3 rings (SSSR count). The molecule has 0 saturated carbocycles. The number of hydrogen-bond donors (Lipinski definition) is 2. The van der Waals surface area contributed by atoms with Gasteiger partial charge in [-0.05, 0) is 18.2 Å². The molecule has 8 heteroatoms. The van der Waals surface area contributed by atoms with E-state index in [1.54, 1.807) is 18.2 Å². The normalized spacial score (nSPS) is 10.7. The lowest BCUT2D eigenvalue weighted by atomic mass is 10.2. The topological polar surface area (TPSA) is 80.0 Å². The standard InChI is InChI=1S/C17H14Cl2N4O2/c18-13-7-6-12(10-14(13)19)23-16(11-4-2-1-3-5-11)21-15(22-23)17(25)20-8-9-24/h1-7,10,24H,8-9H2,(H,20,25). The summed E-state index contributed by atoms with van der Waals surface area (Å²) in [5, 5.41) is 16.5. The molecule has 0 aliphatic heterocycles. The Morgan fingerprint density at radius 3 is 2.56 bits per heavy atom. The van der Waals surface area contributed by atoms with Crippen LogP contribution in [0.5, 0.6) is 0 Å². The Morgan fingerprint density at radius 2 is 1.88 bits per heavy atom. The molecule has 3 aromatic rings. The van der Waals surface area contributed by atoms with Crippen molar-refractivity contribution in [2.24, 2.45) is 0 Å². The number of aliphatic hydroxyl groups is 1. The quantitative estimate of drug-likeness (QED) is 0.717. The van der Waals surface area contributed by atoms with Crippen LogP contribution in [0.15, 0.2) is 48.5 Å². The molecular weight excluding hydrogens is 363 g/mol. The highest BCUT2D eigenvalue weighted by Crippen LogP contribution is 2.27. The van der Waals surface area contributed by atoms with Gasteiger partial charge in [0.25, 0.3) is 5.91 Å². The lowest BCUT2D eigenvalue weighted by Gasteiger charge is -2.07. The third-order valence-corrected chi connectivity index (χ3v) is 4.13. The molecule has 0 saturated heterocycles. The molecule has 0 fully saturated rings. The number of nitrogens with one attached hydrogen (secondary N) is 1. The number of halogens is 2. The van der Waals surface area contributed by atoms with Gasteiger partial charge in [0.2, 0.25) is 5.82 Å². The van der Waals surface area contributed by atoms with Crippen LogP contribution in [0.1, 0.15) is 10.6 Å². The van der Waals surface area contributed by atoms with Gasteiger partial charge in [0, 0.05) is 12.1 Å². The summed E-state index contributed by atoms with van der Waals surface area (Å²) in [5.41, 5.74) is 1.42. The summed E-state index contributed by atoms with van der Waals surface area (Å²) in [5.74, 6) is 0.0246. The van der Waals surface area contributed by atoms with E-state index < -0.39 is 5.91 Å². The van der Waals surface area contributed by atoms with Crippen molar-refractivity contribution >= 4 is 29.1 Å². The van der Waals surface area contributed by atoms with Crippen LogP contribution in [0.2, 0.25) is 10.0 Å². The number of nitrogens with zero attached hydrogens (tertiary/aromatic N) is 3. The lowest BCUT2D eigenvalue weighted by Crippen LogP contribution is -2.27. The molecule has 25 heavy (non-hydrogen) atoms. The summed E-state index contributed by atoms with van der Waals surface area (Å²) >= 11 is 12.1.